The minimum atomic E-state index is -4.32. The minimum absolute atomic E-state index is 0.0250. The summed E-state index contributed by atoms with van der Waals surface area (Å²) in [5.74, 6) is -1.55. The topological polar surface area (TPSA) is 84.4 Å². The van der Waals surface area contributed by atoms with Gasteiger partial charge in [-0.25, -0.2) is 17.8 Å². The van der Waals surface area contributed by atoms with Gasteiger partial charge in [-0.2, -0.15) is 17.5 Å². The van der Waals surface area contributed by atoms with Gasteiger partial charge < -0.3 is 4.74 Å². The maximum absolute atomic E-state index is 13.6. The second kappa shape index (κ2) is 9.60. The van der Waals surface area contributed by atoms with Gasteiger partial charge >= 0.3 is 6.18 Å². The highest BCUT2D eigenvalue weighted by Crippen LogP contribution is 2.48. The van der Waals surface area contributed by atoms with Crippen molar-refractivity contribution in [3.05, 3.63) is 65.7 Å². The van der Waals surface area contributed by atoms with Crippen LogP contribution in [0.15, 0.2) is 53.7 Å². The van der Waals surface area contributed by atoms with Gasteiger partial charge in [-0.05, 0) is 43.1 Å². The van der Waals surface area contributed by atoms with Crippen molar-refractivity contribution in [2.24, 2.45) is 5.92 Å². The van der Waals surface area contributed by atoms with Crippen LogP contribution < -0.4 is 9.46 Å². The molecule has 3 aromatic rings. The Morgan fingerprint density at radius 3 is 2.56 bits per heavy atom. The summed E-state index contributed by atoms with van der Waals surface area (Å²) in [6.07, 6.45) is -2.74. The number of piperidine rings is 1. The molecule has 1 N–H and O–H groups in total. The van der Waals surface area contributed by atoms with Crippen LogP contribution in [-0.2, 0) is 10.0 Å². The van der Waals surface area contributed by atoms with Crippen molar-refractivity contribution in [1.29, 1.82) is 0 Å². The summed E-state index contributed by atoms with van der Waals surface area (Å²) >= 11 is 0.900. The molecule has 0 saturated carbocycles. The molecule has 2 aliphatic heterocycles. The summed E-state index contributed by atoms with van der Waals surface area (Å²) in [4.78, 5) is 5.81. The van der Waals surface area contributed by atoms with Gasteiger partial charge in [-0.1, -0.05) is 18.2 Å². The second-order valence-corrected chi connectivity index (χ2v) is 11.2. The van der Waals surface area contributed by atoms with Crippen LogP contribution in [0.25, 0.3) is 0 Å². The summed E-state index contributed by atoms with van der Waals surface area (Å²) in [7, 11) is -3.94. The Morgan fingerprint density at radius 2 is 1.86 bits per heavy atom. The van der Waals surface area contributed by atoms with Crippen molar-refractivity contribution in [2.75, 3.05) is 17.9 Å². The Morgan fingerprint density at radius 1 is 1.08 bits per heavy atom. The summed E-state index contributed by atoms with van der Waals surface area (Å²) in [6, 6.07) is 9.21. The third-order valence-corrected chi connectivity index (χ3v) is 8.69. The molecule has 5 rings (SSSR count). The van der Waals surface area contributed by atoms with E-state index in [1.165, 1.54) is 42.7 Å². The van der Waals surface area contributed by atoms with Crippen LogP contribution in [0.1, 0.15) is 42.5 Å². The first kappa shape index (κ1) is 24.9. The molecule has 13 heteroatoms. The molecule has 192 valence electrons. The number of hydrogen-bond donors (Lipinski definition) is 1. The van der Waals surface area contributed by atoms with Crippen LogP contribution >= 0.6 is 11.5 Å². The summed E-state index contributed by atoms with van der Waals surface area (Å²) in [5, 5.41) is 0.126. The summed E-state index contributed by atoms with van der Waals surface area (Å²) in [5.41, 5.74) is 1.31. The number of fused-ring (bicyclic) bond motifs is 1. The highest BCUT2D eigenvalue weighted by molar-refractivity contribution is 7.93. The van der Waals surface area contributed by atoms with Gasteiger partial charge in [0.1, 0.15) is 17.9 Å². The van der Waals surface area contributed by atoms with E-state index in [1.807, 2.05) is 4.90 Å². The molecule has 0 radical (unpaired) electrons. The number of sulfonamides is 1. The molecule has 3 heterocycles. The van der Waals surface area contributed by atoms with E-state index in [2.05, 4.69) is 14.1 Å². The predicted molar refractivity (Wildman–Crippen MR) is 125 cm³/mol. The van der Waals surface area contributed by atoms with E-state index in [4.69, 9.17) is 4.74 Å². The van der Waals surface area contributed by atoms with Gasteiger partial charge in [0.05, 0.1) is 17.4 Å². The Bertz CT molecular complexity index is 1320. The van der Waals surface area contributed by atoms with Crippen molar-refractivity contribution in [2.45, 2.75) is 42.4 Å². The zero-order valence-electron chi connectivity index (χ0n) is 18.8. The number of alkyl halides is 3. The lowest BCUT2D eigenvalue weighted by atomic mass is 9.84. The average molecular weight is 543 g/mol. The van der Waals surface area contributed by atoms with Crippen molar-refractivity contribution >= 4 is 26.7 Å². The van der Waals surface area contributed by atoms with Crippen molar-refractivity contribution < 1.29 is 30.7 Å². The van der Waals surface area contributed by atoms with E-state index in [9.17, 15) is 26.0 Å². The zero-order valence-corrected chi connectivity index (χ0v) is 20.4. The number of ether oxygens (including phenoxy) is 1. The molecule has 0 unspecified atom stereocenters. The molecular formula is C23H22F4N4O3S2. The number of rotatable bonds is 5. The Balaban J connectivity index is 1.46. The highest BCUT2D eigenvalue weighted by atomic mass is 32.2. The average Bonchev–Trinajstić information content (AvgIpc) is 3.35. The molecular weight excluding hydrogens is 520 g/mol. The number of nitrogens with one attached hydrogen (secondary N) is 1. The molecule has 1 saturated heterocycles. The monoisotopic (exact) mass is 542 g/mol. The zero-order chi connectivity index (χ0) is 25.5. The van der Waals surface area contributed by atoms with Crippen LogP contribution in [0.2, 0.25) is 0 Å². The van der Waals surface area contributed by atoms with Gasteiger partial charge in [0.25, 0.3) is 10.0 Å². The largest absolute Gasteiger partial charge is 0.493 e. The van der Waals surface area contributed by atoms with Gasteiger partial charge in [0.2, 0.25) is 5.13 Å². The van der Waals surface area contributed by atoms with Gasteiger partial charge in [0.15, 0.2) is 0 Å². The van der Waals surface area contributed by atoms with E-state index in [1.54, 1.807) is 6.07 Å². The molecule has 7 nitrogen and oxygen atoms in total. The Hall–Kier alpha value is -2.77. The van der Waals surface area contributed by atoms with Crippen LogP contribution in [0.5, 0.6) is 5.75 Å². The smallest absolute Gasteiger partial charge is 0.391 e. The number of aromatic nitrogens is 2. The van der Waals surface area contributed by atoms with Crippen LogP contribution in [0, 0.1) is 11.7 Å². The van der Waals surface area contributed by atoms with Gasteiger partial charge in [-0.3, -0.25) is 9.62 Å². The number of nitrogens with zero attached hydrogens (tertiary/aromatic N) is 3. The fourth-order valence-electron chi connectivity index (χ4n) is 4.92. The SMILES string of the molecule is O=S(=O)(Nc1ncns1)c1ccc2c(c1)OCC[C@H]2N1CC[C@H](C(F)(F)F)C[C@@H]1c1ccc(F)cc1. The lowest BCUT2D eigenvalue weighted by Crippen LogP contribution is -2.44. The predicted octanol–water partition coefficient (Wildman–Crippen LogP) is 5.32. The third kappa shape index (κ3) is 5.04. The molecule has 2 aliphatic rings. The lowest BCUT2D eigenvalue weighted by molar-refractivity contribution is -0.192. The van der Waals surface area contributed by atoms with E-state index >= 15 is 0 Å². The van der Waals surface area contributed by atoms with Crippen LogP contribution in [0.4, 0.5) is 22.7 Å². The third-order valence-electron chi connectivity index (χ3n) is 6.65. The van der Waals surface area contributed by atoms with Gasteiger partial charge in [-0.15, -0.1) is 0 Å². The molecule has 36 heavy (non-hydrogen) atoms. The first-order valence-electron chi connectivity index (χ1n) is 11.3. The fraction of sp³-hybridized carbons (Fsp3) is 0.391. The Kier molecular flexibility index (Phi) is 6.64. The molecule has 3 atom stereocenters. The molecule has 1 aromatic heterocycles. The van der Waals surface area contributed by atoms with Crippen LogP contribution in [0.3, 0.4) is 0 Å². The number of anilines is 1. The van der Waals surface area contributed by atoms with Gasteiger partial charge in [0, 0.05) is 41.7 Å². The normalized spacial score (nSPS) is 23.1. The van der Waals surface area contributed by atoms with E-state index in [0.717, 1.165) is 11.5 Å². The number of benzene rings is 2. The molecule has 0 bridgehead atoms. The van der Waals surface area contributed by atoms with Crippen molar-refractivity contribution in [3.63, 3.8) is 0 Å². The van der Waals surface area contributed by atoms with Crippen molar-refractivity contribution in [3.8, 4) is 5.75 Å². The minimum Gasteiger partial charge on any atom is -0.493 e. The number of hydrogen-bond acceptors (Lipinski definition) is 7. The molecule has 1 fully saturated rings. The second-order valence-electron chi connectivity index (χ2n) is 8.77. The van der Waals surface area contributed by atoms with Crippen molar-refractivity contribution in [1.82, 2.24) is 14.3 Å². The maximum Gasteiger partial charge on any atom is 0.391 e. The first-order chi connectivity index (χ1) is 17.1. The van der Waals surface area contributed by atoms with E-state index in [-0.39, 0.29) is 42.1 Å². The quantitative estimate of drug-likeness (QED) is 0.440. The molecule has 0 spiro atoms. The molecule has 2 aromatic carbocycles. The molecule has 0 aliphatic carbocycles. The lowest BCUT2D eigenvalue weighted by Gasteiger charge is -2.46. The fourth-order valence-corrected chi connectivity index (χ4v) is 6.60. The number of likely N-dealkylation sites (tertiary alicyclic amines) is 1. The highest BCUT2D eigenvalue weighted by Gasteiger charge is 2.46. The maximum atomic E-state index is 13.6. The van der Waals surface area contributed by atoms with E-state index < -0.39 is 34.0 Å². The standard InChI is InChI=1S/C23H22F4N4O3S2/c24-16-3-1-14(2-4-16)20-11-15(23(25,26)27)7-9-31(20)19-8-10-34-21-12-17(5-6-18(19)21)36(32,33)30-22-28-13-29-35-22/h1-6,12-13,15,19-20H,7-11H2,(H,28,29,30)/t15-,19+,20+/m0/s1. The first-order valence-corrected chi connectivity index (χ1v) is 13.5. The van der Waals surface area contributed by atoms with E-state index in [0.29, 0.717) is 23.3 Å². The molecule has 0 amide bonds. The summed E-state index contributed by atoms with van der Waals surface area (Å²) in [6.45, 7) is 0.468. The number of halogens is 4. The van der Waals surface area contributed by atoms with Crippen LogP contribution in [-0.4, -0.2) is 42.0 Å². The Labute approximate surface area is 209 Å². The summed E-state index contributed by atoms with van der Waals surface area (Å²) < 4.78 is 91.9.